The zero-order valence-electron chi connectivity index (χ0n) is 8.48. The van der Waals surface area contributed by atoms with Crippen molar-refractivity contribution in [1.29, 1.82) is 0 Å². The first kappa shape index (κ1) is 10.7. The van der Waals surface area contributed by atoms with Crippen LogP contribution < -0.4 is 5.73 Å². The number of benzene rings is 1. The normalized spacial score (nSPS) is 18.7. The molecule has 0 spiro atoms. The first-order valence-corrected chi connectivity index (χ1v) is 5.30. The Labute approximate surface area is 92.9 Å². The number of phenolic OH excluding ortho intramolecular Hbond substituents is 1. The number of hydrogen-bond donors (Lipinski definition) is 2. The lowest BCUT2D eigenvalue weighted by Gasteiger charge is -2.40. The van der Waals surface area contributed by atoms with Crippen molar-refractivity contribution >= 4 is 11.6 Å². The van der Waals surface area contributed by atoms with Gasteiger partial charge in [0.05, 0.1) is 5.02 Å². The fourth-order valence-electron chi connectivity index (χ4n) is 2.12. The number of phenols is 1. The van der Waals surface area contributed by atoms with Crippen LogP contribution in [0.1, 0.15) is 30.4 Å². The van der Waals surface area contributed by atoms with Crippen molar-refractivity contribution in [2.75, 3.05) is 0 Å². The summed E-state index contributed by atoms with van der Waals surface area (Å²) in [4.78, 5) is 0. The number of nitrogens with two attached hydrogens (primary N) is 1. The fourth-order valence-corrected chi connectivity index (χ4v) is 2.31. The topological polar surface area (TPSA) is 46.2 Å². The average Bonchev–Trinajstić information content (AvgIpc) is 2.12. The highest BCUT2D eigenvalue weighted by Crippen LogP contribution is 2.46. The molecule has 2 nitrogen and oxygen atoms in total. The van der Waals surface area contributed by atoms with Crippen molar-refractivity contribution in [2.45, 2.75) is 31.7 Å². The molecule has 0 aromatic heterocycles. The summed E-state index contributed by atoms with van der Waals surface area (Å²) in [6.45, 7) is 1.62. The second-order valence-electron chi connectivity index (χ2n) is 4.20. The maximum Gasteiger partial charge on any atom is 0.139 e. The van der Waals surface area contributed by atoms with Crippen LogP contribution >= 0.6 is 11.6 Å². The Bertz CT molecular complexity index is 389. The van der Waals surface area contributed by atoms with Crippen molar-refractivity contribution in [2.24, 2.45) is 5.73 Å². The minimum atomic E-state index is -0.597. The van der Waals surface area contributed by atoms with Gasteiger partial charge in [0, 0.05) is 11.1 Å². The third-order valence-electron chi connectivity index (χ3n) is 3.19. The molecule has 0 radical (unpaired) electrons. The maximum atomic E-state index is 13.5. The van der Waals surface area contributed by atoms with E-state index in [1.54, 1.807) is 6.92 Å². The Morgan fingerprint density at radius 2 is 2.13 bits per heavy atom. The number of aromatic hydroxyl groups is 1. The third kappa shape index (κ3) is 1.50. The van der Waals surface area contributed by atoms with E-state index in [1.165, 1.54) is 0 Å². The van der Waals surface area contributed by atoms with Crippen molar-refractivity contribution in [3.63, 3.8) is 0 Å². The van der Waals surface area contributed by atoms with Crippen LogP contribution in [0.25, 0.3) is 0 Å². The van der Waals surface area contributed by atoms with Gasteiger partial charge in [0.25, 0.3) is 0 Å². The highest BCUT2D eigenvalue weighted by atomic mass is 35.5. The van der Waals surface area contributed by atoms with Crippen LogP contribution in [0, 0.1) is 12.7 Å². The third-order valence-corrected chi connectivity index (χ3v) is 3.48. The van der Waals surface area contributed by atoms with Gasteiger partial charge in [-0.1, -0.05) is 11.6 Å². The van der Waals surface area contributed by atoms with Gasteiger partial charge in [0.15, 0.2) is 0 Å². The minimum Gasteiger partial charge on any atom is -0.506 e. The molecule has 1 aliphatic carbocycles. The summed E-state index contributed by atoms with van der Waals surface area (Å²) in [5.74, 6) is -0.484. The second kappa shape index (κ2) is 3.35. The van der Waals surface area contributed by atoms with Crippen molar-refractivity contribution in [1.82, 2.24) is 0 Å². The van der Waals surface area contributed by atoms with Gasteiger partial charge < -0.3 is 10.8 Å². The van der Waals surface area contributed by atoms with Crippen LogP contribution in [0.2, 0.25) is 5.02 Å². The Morgan fingerprint density at radius 3 is 2.60 bits per heavy atom. The first-order chi connectivity index (χ1) is 6.96. The molecule has 0 bridgehead atoms. The highest BCUT2D eigenvalue weighted by Gasteiger charge is 2.39. The van der Waals surface area contributed by atoms with E-state index in [9.17, 15) is 9.50 Å². The monoisotopic (exact) mass is 229 g/mol. The lowest BCUT2D eigenvalue weighted by Crippen LogP contribution is -2.44. The number of halogens is 2. The molecule has 0 saturated heterocycles. The van der Waals surface area contributed by atoms with E-state index in [1.807, 2.05) is 0 Å². The Kier molecular flexibility index (Phi) is 2.40. The predicted molar refractivity (Wildman–Crippen MR) is 57.5 cm³/mol. The molecule has 1 aromatic rings. The summed E-state index contributed by atoms with van der Waals surface area (Å²) >= 11 is 5.73. The van der Waals surface area contributed by atoms with Gasteiger partial charge in [-0.15, -0.1) is 0 Å². The van der Waals surface area contributed by atoms with E-state index in [2.05, 4.69) is 0 Å². The summed E-state index contributed by atoms with van der Waals surface area (Å²) in [5.41, 5.74) is 6.35. The smallest absolute Gasteiger partial charge is 0.139 e. The van der Waals surface area contributed by atoms with E-state index < -0.39 is 11.4 Å². The van der Waals surface area contributed by atoms with Gasteiger partial charge in [-0.3, -0.25) is 0 Å². The van der Waals surface area contributed by atoms with Gasteiger partial charge in [-0.25, -0.2) is 4.39 Å². The second-order valence-corrected chi connectivity index (χ2v) is 4.61. The molecule has 1 aliphatic rings. The molecule has 1 saturated carbocycles. The van der Waals surface area contributed by atoms with Crippen molar-refractivity contribution in [3.8, 4) is 5.75 Å². The van der Waals surface area contributed by atoms with Crippen LogP contribution in [-0.4, -0.2) is 5.11 Å². The van der Waals surface area contributed by atoms with Crippen molar-refractivity contribution < 1.29 is 9.50 Å². The van der Waals surface area contributed by atoms with Gasteiger partial charge >= 0.3 is 0 Å². The molecular weight excluding hydrogens is 217 g/mol. The molecule has 0 unspecified atom stereocenters. The Hall–Kier alpha value is -0.800. The molecule has 2 rings (SSSR count). The zero-order valence-corrected chi connectivity index (χ0v) is 9.24. The minimum absolute atomic E-state index is 0.0322. The molecule has 0 amide bonds. The Morgan fingerprint density at radius 1 is 1.53 bits per heavy atom. The fraction of sp³-hybridized carbons (Fsp3) is 0.455. The molecule has 0 heterocycles. The predicted octanol–water partition coefficient (Wildman–Crippen LogP) is 2.83. The van der Waals surface area contributed by atoms with Crippen LogP contribution in [0.3, 0.4) is 0 Å². The molecule has 3 N–H and O–H groups in total. The maximum absolute atomic E-state index is 13.5. The lowest BCUT2D eigenvalue weighted by atomic mass is 9.71. The quantitative estimate of drug-likeness (QED) is 0.778. The zero-order chi connectivity index (χ0) is 11.2. The summed E-state index contributed by atoms with van der Waals surface area (Å²) < 4.78 is 13.5. The number of rotatable bonds is 1. The summed E-state index contributed by atoms with van der Waals surface area (Å²) in [7, 11) is 0. The lowest BCUT2D eigenvalue weighted by molar-refractivity contribution is 0.243. The van der Waals surface area contributed by atoms with Gasteiger partial charge in [-0.2, -0.15) is 0 Å². The van der Waals surface area contributed by atoms with Crippen LogP contribution in [0.4, 0.5) is 4.39 Å². The molecule has 1 aromatic carbocycles. The largest absolute Gasteiger partial charge is 0.506 e. The molecule has 0 aliphatic heterocycles. The van der Waals surface area contributed by atoms with E-state index in [4.69, 9.17) is 17.3 Å². The number of hydrogen-bond acceptors (Lipinski definition) is 2. The summed E-state index contributed by atoms with van der Waals surface area (Å²) in [5, 5.41) is 9.86. The standard InChI is InChI=1S/C11H13ClFNO/c1-6-8(13)5-7(12)10(15)9(6)11(14)3-2-4-11/h5,15H,2-4,14H2,1H3. The van der Waals surface area contributed by atoms with Crippen LogP contribution in [-0.2, 0) is 5.54 Å². The Balaban J connectivity index is 2.63. The van der Waals surface area contributed by atoms with Gasteiger partial charge in [-0.05, 0) is 37.8 Å². The first-order valence-electron chi connectivity index (χ1n) is 4.92. The van der Waals surface area contributed by atoms with Crippen LogP contribution in [0.15, 0.2) is 6.07 Å². The molecular formula is C11H13ClFNO. The summed E-state index contributed by atoms with van der Waals surface area (Å²) in [6.07, 6.45) is 2.53. The molecule has 15 heavy (non-hydrogen) atoms. The van der Waals surface area contributed by atoms with Crippen molar-refractivity contribution in [3.05, 3.63) is 28.0 Å². The van der Waals surface area contributed by atoms with E-state index >= 15 is 0 Å². The SMILES string of the molecule is Cc1c(F)cc(Cl)c(O)c1C1(N)CCC1. The molecule has 1 fully saturated rings. The molecule has 4 heteroatoms. The molecule has 82 valence electrons. The molecule has 0 atom stereocenters. The highest BCUT2D eigenvalue weighted by molar-refractivity contribution is 6.32. The average molecular weight is 230 g/mol. The van der Waals surface area contributed by atoms with Gasteiger partial charge in [0.2, 0.25) is 0 Å². The summed E-state index contributed by atoms with van der Waals surface area (Å²) in [6, 6.07) is 1.12. The van der Waals surface area contributed by atoms with Gasteiger partial charge in [0.1, 0.15) is 11.6 Å². The van der Waals surface area contributed by atoms with E-state index in [0.717, 1.165) is 25.3 Å². The van der Waals surface area contributed by atoms with E-state index in [-0.39, 0.29) is 10.8 Å². The van der Waals surface area contributed by atoms with E-state index in [0.29, 0.717) is 11.1 Å². The van der Waals surface area contributed by atoms with Crippen LogP contribution in [0.5, 0.6) is 5.75 Å².